The predicted molar refractivity (Wildman–Crippen MR) is 78.3 cm³/mol. The second-order valence-electron chi connectivity index (χ2n) is 4.09. The third-order valence-electron chi connectivity index (χ3n) is 2.67. The molecule has 0 bridgehead atoms. The van der Waals surface area contributed by atoms with Crippen LogP contribution in [0.2, 0.25) is 0 Å². The summed E-state index contributed by atoms with van der Waals surface area (Å²) in [7, 11) is 1.35. The van der Waals surface area contributed by atoms with Crippen LogP contribution in [0, 0.1) is 0 Å². The lowest BCUT2D eigenvalue weighted by Gasteiger charge is -2.17. The molecule has 1 rings (SSSR count). The third kappa shape index (κ3) is 3.84. The van der Waals surface area contributed by atoms with E-state index in [1.807, 2.05) is 17.8 Å². The molecule has 1 atom stereocenters. The van der Waals surface area contributed by atoms with Crippen LogP contribution in [-0.4, -0.2) is 31.1 Å². The lowest BCUT2D eigenvalue weighted by atomic mass is 10.1. The summed E-state index contributed by atoms with van der Waals surface area (Å²) in [6.45, 7) is 2.10. The number of anilines is 2. The topological polar surface area (TPSA) is 64.3 Å². The van der Waals surface area contributed by atoms with Crippen molar-refractivity contribution in [2.75, 3.05) is 30.2 Å². The Morgan fingerprint density at radius 3 is 2.89 bits per heavy atom. The van der Waals surface area contributed by atoms with E-state index in [0.29, 0.717) is 17.3 Å². The lowest BCUT2D eigenvalue weighted by Crippen LogP contribution is -2.18. The van der Waals surface area contributed by atoms with Crippen LogP contribution >= 0.6 is 11.8 Å². The van der Waals surface area contributed by atoms with Crippen molar-refractivity contribution in [2.24, 2.45) is 0 Å². The normalized spacial score (nSPS) is 11.9. The van der Waals surface area contributed by atoms with Crippen LogP contribution in [0.3, 0.4) is 0 Å². The minimum Gasteiger partial charge on any atom is -0.465 e. The van der Waals surface area contributed by atoms with Gasteiger partial charge in [0.15, 0.2) is 0 Å². The molecule has 0 spiro atoms. The van der Waals surface area contributed by atoms with Crippen molar-refractivity contribution >= 4 is 29.1 Å². The Morgan fingerprint density at radius 2 is 2.28 bits per heavy atom. The van der Waals surface area contributed by atoms with Crippen molar-refractivity contribution < 1.29 is 9.53 Å². The van der Waals surface area contributed by atoms with Crippen LogP contribution < -0.4 is 11.1 Å². The van der Waals surface area contributed by atoms with E-state index in [0.717, 1.165) is 17.9 Å². The van der Waals surface area contributed by atoms with E-state index in [-0.39, 0.29) is 0 Å². The van der Waals surface area contributed by atoms with Crippen LogP contribution in [0.4, 0.5) is 11.4 Å². The number of para-hydroxylation sites is 1. The molecule has 0 radical (unpaired) electrons. The molecule has 0 heterocycles. The monoisotopic (exact) mass is 268 g/mol. The molecule has 100 valence electrons. The number of thioether (sulfide) groups is 1. The number of nitrogen functional groups attached to an aromatic ring is 1. The summed E-state index contributed by atoms with van der Waals surface area (Å²) in [4.78, 5) is 11.5. The number of hydrogen-bond donors (Lipinski definition) is 2. The summed E-state index contributed by atoms with van der Waals surface area (Å²) < 4.78 is 4.69. The standard InChI is InChI=1S/C13H20N2O2S/c1-9(7-8-18-3)15-11-6-4-5-10(12(11)14)13(16)17-2/h4-6,9,15H,7-8,14H2,1-3H3. The number of carbonyl (C=O) groups excluding carboxylic acids is 1. The Bertz CT molecular complexity index is 410. The lowest BCUT2D eigenvalue weighted by molar-refractivity contribution is 0.0602. The van der Waals surface area contributed by atoms with Gasteiger partial charge >= 0.3 is 5.97 Å². The number of nitrogens with one attached hydrogen (secondary N) is 1. The molecule has 0 aliphatic rings. The summed E-state index contributed by atoms with van der Waals surface area (Å²) in [5.74, 6) is 0.679. The second-order valence-corrected chi connectivity index (χ2v) is 5.07. The minimum atomic E-state index is -0.409. The van der Waals surface area contributed by atoms with Crippen LogP contribution in [-0.2, 0) is 4.74 Å². The van der Waals surface area contributed by atoms with Gasteiger partial charge in [0.05, 0.1) is 24.0 Å². The number of ether oxygens (including phenoxy) is 1. The number of carbonyl (C=O) groups is 1. The Labute approximate surface area is 112 Å². The largest absolute Gasteiger partial charge is 0.465 e. The summed E-state index contributed by atoms with van der Waals surface area (Å²) in [5, 5.41) is 3.32. The Hall–Kier alpha value is -1.36. The maximum atomic E-state index is 11.5. The van der Waals surface area contributed by atoms with Crippen LogP contribution in [0.5, 0.6) is 0 Å². The number of benzene rings is 1. The van der Waals surface area contributed by atoms with Gasteiger partial charge in [-0.15, -0.1) is 0 Å². The fourth-order valence-electron chi connectivity index (χ4n) is 1.61. The summed E-state index contributed by atoms with van der Waals surface area (Å²) in [6, 6.07) is 5.65. The maximum absolute atomic E-state index is 11.5. The van der Waals surface area contributed by atoms with Crippen molar-refractivity contribution in [3.8, 4) is 0 Å². The highest BCUT2D eigenvalue weighted by Gasteiger charge is 2.13. The molecule has 0 aliphatic carbocycles. The van der Waals surface area contributed by atoms with Crippen LogP contribution in [0.1, 0.15) is 23.7 Å². The first-order chi connectivity index (χ1) is 8.60. The molecule has 0 saturated heterocycles. The van der Waals surface area contributed by atoms with E-state index >= 15 is 0 Å². The molecule has 3 N–H and O–H groups in total. The number of hydrogen-bond acceptors (Lipinski definition) is 5. The summed E-state index contributed by atoms with van der Waals surface area (Å²) in [5.41, 5.74) is 7.60. The first kappa shape index (κ1) is 14.7. The van der Waals surface area contributed by atoms with Gasteiger partial charge in [-0.1, -0.05) is 6.07 Å². The van der Waals surface area contributed by atoms with E-state index in [4.69, 9.17) is 10.5 Å². The zero-order valence-electron chi connectivity index (χ0n) is 11.0. The molecule has 1 unspecified atom stereocenters. The Balaban J connectivity index is 2.80. The molecular weight excluding hydrogens is 248 g/mol. The van der Waals surface area contributed by atoms with Gasteiger partial charge in [-0.25, -0.2) is 4.79 Å². The number of methoxy groups -OCH3 is 1. The highest BCUT2D eigenvalue weighted by Crippen LogP contribution is 2.24. The molecule has 1 aromatic rings. The molecule has 18 heavy (non-hydrogen) atoms. The zero-order chi connectivity index (χ0) is 13.5. The molecule has 0 aliphatic heterocycles. The first-order valence-corrected chi connectivity index (χ1v) is 7.21. The molecule has 4 nitrogen and oxygen atoms in total. The third-order valence-corrected chi connectivity index (χ3v) is 3.31. The molecule has 0 fully saturated rings. The Kier molecular flexibility index (Phi) is 5.85. The molecule has 1 aromatic carbocycles. The number of rotatable bonds is 6. The van der Waals surface area contributed by atoms with E-state index in [9.17, 15) is 4.79 Å². The van der Waals surface area contributed by atoms with E-state index in [1.165, 1.54) is 7.11 Å². The van der Waals surface area contributed by atoms with Crippen molar-refractivity contribution in [2.45, 2.75) is 19.4 Å². The van der Waals surface area contributed by atoms with Crippen molar-refractivity contribution in [3.05, 3.63) is 23.8 Å². The Morgan fingerprint density at radius 1 is 1.56 bits per heavy atom. The minimum absolute atomic E-state index is 0.313. The van der Waals surface area contributed by atoms with E-state index < -0.39 is 5.97 Å². The van der Waals surface area contributed by atoms with Crippen molar-refractivity contribution in [3.63, 3.8) is 0 Å². The maximum Gasteiger partial charge on any atom is 0.340 e. The molecule has 5 heteroatoms. The SMILES string of the molecule is COC(=O)c1cccc(NC(C)CCSC)c1N. The van der Waals surface area contributed by atoms with Gasteiger partial charge in [0, 0.05) is 6.04 Å². The highest BCUT2D eigenvalue weighted by atomic mass is 32.2. The summed E-state index contributed by atoms with van der Waals surface area (Å²) in [6.07, 6.45) is 3.13. The van der Waals surface area contributed by atoms with Gasteiger partial charge < -0.3 is 15.8 Å². The quantitative estimate of drug-likeness (QED) is 0.613. The van der Waals surface area contributed by atoms with Gasteiger partial charge in [0.25, 0.3) is 0 Å². The van der Waals surface area contributed by atoms with Gasteiger partial charge in [-0.05, 0) is 37.5 Å². The highest BCUT2D eigenvalue weighted by molar-refractivity contribution is 7.98. The molecular formula is C13H20N2O2S. The fourth-order valence-corrected chi connectivity index (χ4v) is 2.20. The number of nitrogens with two attached hydrogens (primary N) is 1. The molecule has 0 saturated carbocycles. The predicted octanol–water partition coefficient (Wildman–Crippen LogP) is 2.61. The number of esters is 1. The van der Waals surface area contributed by atoms with Crippen LogP contribution in [0.25, 0.3) is 0 Å². The molecule has 0 amide bonds. The van der Waals surface area contributed by atoms with E-state index in [2.05, 4.69) is 18.5 Å². The van der Waals surface area contributed by atoms with Crippen molar-refractivity contribution in [1.82, 2.24) is 0 Å². The van der Waals surface area contributed by atoms with Crippen LogP contribution in [0.15, 0.2) is 18.2 Å². The smallest absolute Gasteiger partial charge is 0.340 e. The van der Waals surface area contributed by atoms with Gasteiger partial charge in [0.2, 0.25) is 0 Å². The van der Waals surface area contributed by atoms with E-state index in [1.54, 1.807) is 12.1 Å². The molecule has 0 aromatic heterocycles. The van der Waals surface area contributed by atoms with Gasteiger partial charge in [-0.3, -0.25) is 0 Å². The van der Waals surface area contributed by atoms with Gasteiger partial charge in [0.1, 0.15) is 0 Å². The fraction of sp³-hybridized carbons (Fsp3) is 0.462. The average Bonchev–Trinajstić information content (AvgIpc) is 2.38. The summed E-state index contributed by atoms with van der Waals surface area (Å²) >= 11 is 1.81. The average molecular weight is 268 g/mol. The first-order valence-electron chi connectivity index (χ1n) is 5.82. The van der Waals surface area contributed by atoms with Gasteiger partial charge in [-0.2, -0.15) is 11.8 Å². The van der Waals surface area contributed by atoms with Crippen molar-refractivity contribution in [1.29, 1.82) is 0 Å². The second kappa shape index (κ2) is 7.16. The zero-order valence-corrected chi connectivity index (χ0v) is 11.8.